The predicted molar refractivity (Wildman–Crippen MR) is 58.7 cm³/mol. The standard InChI is InChI=1S/C10H20N2O4/c1-3-4-5-6-12-9(14)8(13)7(2)16-10(11)15/h7-8,13H,3-6H2,1-2H3,(H2,11,15)(H,12,14). The Bertz CT molecular complexity index is 233. The Morgan fingerprint density at radius 2 is 2.06 bits per heavy atom. The molecule has 0 heterocycles. The lowest BCUT2D eigenvalue weighted by Crippen LogP contribution is -2.43. The van der Waals surface area contributed by atoms with Gasteiger partial charge in [0.25, 0.3) is 5.91 Å². The topological polar surface area (TPSA) is 102 Å². The van der Waals surface area contributed by atoms with E-state index in [-0.39, 0.29) is 0 Å². The number of ether oxygens (including phenoxy) is 1. The first-order valence-corrected chi connectivity index (χ1v) is 5.40. The average Bonchev–Trinajstić information content (AvgIpc) is 2.22. The van der Waals surface area contributed by atoms with Crippen LogP contribution in [-0.2, 0) is 9.53 Å². The maximum absolute atomic E-state index is 11.3. The van der Waals surface area contributed by atoms with Gasteiger partial charge in [-0.25, -0.2) is 4.79 Å². The first-order valence-electron chi connectivity index (χ1n) is 5.40. The number of hydrogen-bond donors (Lipinski definition) is 3. The van der Waals surface area contributed by atoms with E-state index in [0.29, 0.717) is 6.54 Å². The van der Waals surface area contributed by atoms with Gasteiger partial charge in [0.05, 0.1) is 0 Å². The van der Waals surface area contributed by atoms with Crippen LogP contribution in [0.4, 0.5) is 4.79 Å². The van der Waals surface area contributed by atoms with Gasteiger partial charge < -0.3 is 20.9 Å². The number of hydrogen-bond acceptors (Lipinski definition) is 4. The average molecular weight is 232 g/mol. The molecular formula is C10H20N2O4. The highest BCUT2D eigenvalue weighted by Gasteiger charge is 2.24. The molecule has 0 aliphatic rings. The third-order valence-corrected chi connectivity index (χ3v) is 2.09. The number of aliphatic hydroxyl groups excluding tert-OH is 1. The van der Waals surface area contributed by atoms with E-state index in [1.807, 2.05) is 0 Å². The molecule has 94 valence electrons. The lowest BCUT2D eigenvalue weighted by Gasteiger charge is -2.17. The van der Waals surface area contributed by atoms with Crippen molar-refractivity contribution in [3.05, 3.63) is 0 Å². The lowest BCUT2D eigenvalue weighted by molar-refractivity contribution is -0.134. The van der Waals surface area contributed by atoms with Gasteiger partial charge in [-0.1, -0.05) is 19.8 Å². The van der Waals surface area contributed by atoms with Crippen LogP contribution in [0, 0.1) is 0 Å². The summed E-state index contributed by atoms with van der Waals surface area (Å²) in [6, 6.07) is 0. The van der Waals surface area contributed by atoms with Gasteiger partial charge in [0.15, 0.2) is 6.10 Å². The summed E-state index contributed by atoms with van der Waals surface area (Å²) in [6.07, 6.45) is -0.397. The Kier molecular flexibility index (Phi) is 7.28. The molecule has 0 radical (unpaired) electrons. The highest BCUT2D eigenvalue weighted by atomic mass is 16.6. The van der Waals surface area contributed by atoms with Crippen molar-refractivity contribution in [2.75, 3.05) is 6.54 Å². The fourth-order valence-electron chi connectivity index (χ4n) is 1.15. The number of carbonyl (C=O) groups is 2. The first kappa shape index (κ1) is 14.7. The molecule has 2 amide bonds. The summed E-state index contributed by atoms with van der Waals surface area (Å²) in [5.74, 6) is -0.551. The van der Waals surface area contributed by atoms with Crippen LogP contribution in [0.1, 0.15) is 33.1 Å². The number of carbonyl (C=O) groups excluding carboxylic acids is 2. The minimum absolute atomic E-state index is 0.507. The lowest BCUT2D eigenvalue weighted by atomic mass is 10.2. The fraction of sp³-hybridized carbons (Fsp3) is 0.800. The maximum Gasteiger partial charge on any atom is 0.404 e. The summed E-state index contributed by atoms with van der Waals surface area (Å²) < 4.78 is 4.49. The van der Waals surface area contributed by atoms with Crippen LogP contribution in [0.25, 0.3) is 0 Å². The van der Waals surface area contributed by atoms with Gasteiger partial charge in [-0.05, 0) is 13.3 Å². The quantitative estimate of drug-likeness (QED) is 0.543. The monoisotopic (exact) mass is 232 g/mol. The molecule has 0 fully saturated rings. The molecule has 0 bridgehead atoms. The Labute approximate surface area is 95.1 Å². The zero-order valence-electron chi connectivity index (χ0n) is 9.73. The van der Waals surface area contributed by atoms with E-state index >= 15 is 0 Å². The summed E-state index contributed by atoms with van der Waals surface area (Å²) in [4.78, 5) is 21.7. The van der Waals surface area contributed by atoms with Crippen LogP contribution in [0.3, 0.4) is 0 Å². The largest absolute Gasteiger partial charge is 0.443 e. The van der Waals surface area contributed by atoms with E-state index < -0.39 is 24.2 Å². The van der Waals surface area contributed by atoms with Crippen LogP contribution in [0.5, 0.6) is 0 Å². The zero-order valence-corrected chi connectivity index (χ0v) is 9.73. The SMILES string of the molecule is CCCCCNC(=O)C(O)C(C)OC(N)=O. The number of aliphatic hydroxyl groups is 1. The summed E-state index contributed by atoms with van der Waals surface area (Å²) in [6.45, 7) is 3.97. The van der Waals surface area contributed by atoms with Crippen LogP contribution in [-0.4, -0.2) is 35.9 Å². The molecule has 0 spiro atoms. The normalized spacial score (nSPS) is 13.9. The van der Waals surface area contributed by atoms with Gasteiger partial charge in [-0.15, -0.1) is 0 Å². The van der Waals surface area contributed by atoms with Gasteiger partial charge >= 0.3 is 6.09 Å². The second kappa shape index (κ2) is 7.92. The van der Waals surface area contributed by atoms with E-state index in [1.54, 1.807) is 0 Å². The molecule has 0 saturated carbocycles. The number of nitrogens with one attached hydrogen (secondary N) is 1. The van der Waals surface area contributed by atoms with E-state index in [2.05, 4.69) is 17.0 Å². The predicted octanol–water partition coefficient (Wildman–Crippen LogP) is 0.138. The van der Waals surface area contributed by atoms with Gasteiger partial charge in [-0.2, -0.15) is 0 Å². The summed E-state index contributed by atoms with van der Waals surface area (Å²) in [5, 5.41) is 12.0. The van der Waals surface area contributed by atoms with Crippen molar-refractivity contribution in [3.63, 3.8) is 0 Å². The number of unbranched alkanes of at least 4 members (excludes halogenated alkanes) is 2. The van der Waals surface area contributed by atoms with Gasteiger partial charge in [-0.3, -0.25) is 4.79 Å². The summed E-state index contributed by atoms with van der Waals surface area (Å²) >= 11 is 0. The van der Waals surface area contributed by atoms with Crippen LogP contribution in [0.2, 0.25) is 0 Å². The smallest absolute Gasteiger partial charge is 0.404 e. The second-order valence-electron chi connectivity index (χ2n) is 3.58. The third kappa shape index (κ3) is 6.23. The summed E-state index contributed by atoms with van der Waals surface area (Å²) in [7, 11) is 0. The third-order valence-electron chi connectivity index (χ3n) is 2.09. The Hall–Kier alpha value is -1.30. The van der Waals surface area contributed by atoms with Crippen LogP contribution < -0.4 is 11.1 Å². The molecule has 0 aliphatic carbocycles. The molecule has 2 unspecified atom stereocenters. The maximum atomic E-state index is 11.3. The minimum Gasteiger partial charge on any atom is -0.443 e. The molecule has 6 nitrogen and oxygen atoms in total. The molecule has 4 N–H and O–H groups in total. The van der Waals surface area contributed by atoms with Crippen molar-refractivity contribution in [2.45, 2.75) is 45.3 Å². The fourth-order valence-corrected chi connectivity index (χ4v) is 1.15. The van der Waals surface area contributed by atoms with Crippen molar-refractivity contribution < 1.29 is 19.4 Å². The molecule has 0 saturated heterocycles. The van der Waals surface area contributed by atoms with Gasteiger partial charge in [0.2, 0.25) is 0 Å². The number of rotatable bonds is 7. The Morgan fingerprint density at radius 1 is 1.44 bits per heavy atom. The van der Waals surface area contributed by atoms with E-state index in [1.165, 1.54) is 6.92 Å². The van der Waals surface area contributed by atoms with E-state index in [4.69, 9.17) is 5.73 Å². The van der Waals surface area contributed by atoms with Crippen molar-refractivity contribution >= 4 is 12.0 Å². The molecule has 0 aromatic rings. The molecule has 2 atom stereocenters. The molecule has 0 aromatic heterocycles. The number of nitrogens with two attached hydrogens (primary N) is 1. The zero-order chi connectivity index (χ0) is 12.6. The molecule has 6 heteroatoms. The first-order chi connectivity index (χ1) is 7.49. The van der Waals surface area contributed by atoms with Gasteiger partial charge in [0.1, 0.15) is 6.10 Å². The van der Waals surface area contributed by atoms with E-state index in [0.717, 1.165) is 19.3 Å². The van der Waals surface area contributed by atoms with Crippen molar-refractivity contribution in [3.8, 4) is 0 Å². The minimum atomic E-state index is -1.38. The van der Waals surface area contributed by atoms with Crippen molar-refractivity contribution in [1.82, 2.24) is 5.32 Å². The second-order valence-corrected chi connectivity index (χ2v) is 3.58. The molecule has 0 rings (SSSR count). The van der Waals surface area contributed by atoms with Crippen LogP contribution in [0.15, 0.2) is 0 Å². The number of primary amides is 1. The molecular weight excluding hydrogens is 212 g/mol. The number of amides is 2. The molecule has 16 heavy (non-hydrogen) atoms. The molecule has 0 aromatic carbocycles. The Balaban J connectivity index is 3.84. The molecule has 0 aliphatic heterocycles. The Morgan fingerprint density at radius 3 is 2.56 bits per heavy atom. The highest BCUT2D eigenvalue weighted by Crippen LogP contribution is 1.99. The van der Waals surface area contributed by atoms with Gasteiger partial charge in [0, 0.05) is 6.54 Å². The highest BCUT2D eigenvalue weighted by molar-refractivity contribution is 5.81. The van der Waals surface area contributed by atoms with E-state index in [9.17, 15) is 14.7 Å². The van der Waals surface area contributed by atoms with Crippen LogP contribution >= 0.6 is 0 Å². The van der Waals surface area contributed by atoms with Crippen molar-refractivity contribution in [2.24, 2.45) is 5.73 Å². The van der Waals surface area contributed by atoms with Crippen molar-refractivity contribution in [1.29, 1.82) is 0 Å². The summed E-state index contributed by atoms with van der Waals surface area (Å²) in [5.41, 5.74) is 4.77.